The predicted octanol–water partition coefficient (Wildman–Crippen LogP) is 4.52. The summed E-state index contributed by atoms with van der Waals surface area (Å²) in [5, 5.41) is 7.15. The van der Waals surface area contributed by atoms with Gasteiger partial charge in [-0.1, -0.05) is 29.1 Å². The normalized spacial score (nSPS) is 18.2. The lowest BCUT2D eigenvalue weighted by Gasteiger charge is -2.26. The van der Waals surface area contributed by atoms with Crippen molar-refractivity contribution in [2.75, 3.05) is 26.2 Å². The quantitative estimate of drug-likeness (QED) is 0.314. The first-order valence-electron chi connectivity index (χ1n) is 14.5. The number of rotatable bonds is 8. The number of imidazole rings is 1. The van der Waals surface area contributed by atoms with Crippen molar-refractivity contribution < 1.29 is 18.8 Å². The minimum absolute atomic E-state index is 0.0864. The standard InChI is InChI=1S/C33H35N5O4/c1-24(41-32-4-2-3-19-40-32)33-35-16-18-38(33)22-29-20-30(42-36-29)28-13-11-26(12-14-28)6-5-25-7-9-27(10-8-25)21-37-17-15-34-31(39)23-37/h7-14,16,18,20,24,32H,2-4,15,17,19,21-23H2,1H3,(H,34,39). The van der Waals surface area contributed by atoms with E-state index < -0.39 is 0 Å². The van der Waals surface area contributed by atoms with Gasteiger partial charge >= 0.3 is 0 Å². The molecule has 2 unspecified atom stereocenters. The second-order valence-electron chi connectivity index (χ2n) is 10.8. The molecule has 2 fully saturated rings. The molecule has 2 aliphatic rings. The molecule has 2 aromatic heterocycles. The fraction of sp³-hybridized carbons (Fsp3) is 0.364. The van der Waals surface area contributed by atoms with E-state index in [0.717, 1.165) is 67.2 Å². The molecule has 1 amide bonds. The number of carbonyl (C=O) groups is 1. The average molecular weight is 566 g/mol. The summed E-state index contributed by atoms with van der Waals surface area (Å²) in [7, 11) is 0. The Morgan fingerprint density at radius 2 is 1.86 bits per heavy atom. The second kappa shape index (κ2) is 13.2. The van der Waals surface area contributed by atoms with Gasteiger partial charge in [0.25, 0.3) is 0 Å². The molecule has 9 heteroatoms. The van der Waals surface area contributed by atoms with E-state index in [1.54, 1.807) is 6.20 Å². The third kappa shape index (κ3) is 7.15. The molecule has 6 rings (SSSR count). The minimum Gasteiger partial charge on any atom is -0.356 e. The summed E-state index contributed by atoms with van der Waals surface area (Å²) in [6.07, 6.45) is 6.47. The van der Waals surface area contributed by atoms with Crippen LogP contribution in [0.1, 0.15) is 60.5 Å². The molecule has 0 bridgehead atoms. The number of benzene rings is 2. The van der Waals surface area contributed by atoms with Gasteiger partial charge in [0, 0.05) is 61.4 Å². The van der Waals surface area contributed by atoms with Gasteiger partial charge in [-0.05, 0) is 68.1 Å². The maximum absolute atomic E-state index is 11.6. The molecule has 4 aromatic rings. The SMILES string of the molecule is CC(OC1CCCCO1)c1nccn1Cc1cc(-c2ccc(C#Cc3ccc(CN4CCNC(=O)C4)cc3)cc2)on1. The smallest absolute Gasteiger partial charge is 0.234 e. The molecule has 2 aliphatic heterocycles. The van der Waals surface area contributed by atoms with Crippen molar-refractivity contribution in [3.05, 3.63) is 95.2 Å². The molecule has 216 valence electrons. The highest BCUT2D eigenvalue weighted by Gasteiger charge is 2.21. The summed E-state index contributed by atoms with van der Waals surface area (Å²) in [4.78, 5) is 18.3. The molecule has 0 saturated carbocycles. The molecule has 42 heavy (non-hydrogen) atoms. The number of carbonyl (C=O) groups excluding carboxylic acids is 1. The number of amides is 1. The average Bonchev–Trinajstić information content (AvgIpc) is 3.68. The zero-order valence-corrected chi connectivity index (χ0v) is 23.8. The van der Waals surface area contributed by atoms with Gasteiger partial charge < -0.3 is 23.9 Å². The molecular weight excluding hydrogens is 530 g/mol. The van der Waals surface area contributed by atoms with Crippen LogP contribution in [0, 0.1) is 11.8 Å². The monoisotopic (exact) mass is 565 g/mol. The van der Waals surface area contributed by atoms with Crippen molar-refractivity contribution in [2.45, 2.75) is 51.7 Å². The van der Waals surface area contributed by atoms with Crippen LogP contribution in [0.25, 0.3) is 11.3 Å². The fourth-order valence-corrected chi connectivity index (χ4v) is 5.26. The van der Waals surface area contributed by atoms with Crippen LogP contribution in [-0.2, 0) is 27.4 Å². The zero-order chi connectivity index (χ0) is 28.7. The largest absolute Gasteiger partial charge is 0.356 e. The van der Waals surface area contributed by atoms with Crippen LogP contribution in [0.3, 0.4) is 0 Å². The molecule has 2 saturated heterocycles. The van der Waals surface area contributed by atoms with Crippen LogP contribution in [0.2, 0.25) is 0 Å². The molecule has 9 nitrogen and oxygen atoms in total. The third-order valence-corrected chi connectivity index (χ3v) is 7.49. The van der Waals surface area contributed by atoms with Crippen LogP contribution < -0.4 is 5.32 Å². The fourth-order valence-electron chi connectivity index (χ4n) is 5.26. The van der Waals surface area contributed by atoms with Crippen LogP contribution in [0.4, 0.5) is 0 Å². The summed E-state index contributed by atoms with van der Waals surface area (Å²) in [6.45, 7) is 6.07. The number of hydrogen-bond donors (Lipinski definition) is 1. The number of aromatic nitrogens is 3. The van der Waals surface area contributed by atoms with E-state index in [9.17, 15) is 4.79 Å². The first-order valence-corrected chi connectivity index (χ1v) is 14.5. The summed E-state index contributed by atoms with van der Waals surface area (Å²) < 4.78 is 19.5. The highest BCUT2D eigenvalue weighted by atomic mass is 16.7. The maximum Gasteiger partial charge on any atom is 0.234 e. The first kappa shape index (κ1) is 27.9. The Kier molecular flexibility index (Phi) is 8.75. The lowest BCUT2D eigenvalue weighted by Crippen LogP contribution is -2.47. The van der Waals surface area contributed by atoms with Gasteiger partial charge in [-0.2, -0.15) is 0 Å². The number of piperazine rings is 1. The molecular formula is C33H35N5O4. The Balaban J connectivity index is 1.04. The van der Waals surface area contributed by atoms with Gasteiger partial charge in [0.1, 0.15) is 17.6 Å². The van der Waals surface area contributed by atoms with Crippen molar-refractivity contribution in [3.63, 3.8) is 0 Å². The van der Waals surface area contributed by atoms with Crippen molar-refractivity contribution >= 4 is 5.91 Å². The third-order valence-electron chi connectivity index (χ3n) is 7.49. The van der Waals surface area contributed by atoms with E-state index in [2.05, 4.69) is 44.3 Å². The van der Waals surface area contributed by atoms with Crippen LogP contribution in [0.15, 0.2) is 71.5 Å². The number of nitrogens with one attached hydrogen (secondary N) is 1. The topological polar surface area (TPSA) is 94.7 Å². The lowest BCUT2D eigenvalue weighted by molar-refractivity contribution is -0.188. The van der Waals surface area contributed by atoms with E-state index in [1.165, 1.54) is 5.56 Å². The number of hydrogen-bond acceptors (Lipinski definition) is 7. The molecule has 1 N–H and O–H groups in total. The Bertz CT molecular complexity index is 1540. The Morgan fingerprint density at radius 1 is 1.07 bits per heavy atom. The number of ether oxygens (including phenoxy) is 2. The number of nitrogens with zero attached hydrogens (tertiary/aromatic N) is 4. The van der Waals surface area contributed by atoms with Crippen LogP contribution >= 0.6 is 0 Å². The highest BCUT2D eigenvalue weighted by Crippen LogP contribution is 2.25. The summed E-state index contributed by atoms with van der Waals surface area (Å²) in [6, 6.07) is 18.1. The van der Waals surface area contributed by atoms with E-state index in [1.807, 2.05) is 60.2 Å². The molecule has 2 aromatic carbocycles. The van der Waals surface area contributed by atoms with E-state index >= 15 is 0 Å². The van der Waals surface area contributed by atoms with Gasteiger partial charge in [0.15, 0.2) is 12.1 Å². The molecule has 0 radical (unpaired) electrons. The van der Waals surface area contributed by atoms with Crippen molar-refractivity contribution in [1.29, 1.82) is 0 Å². The molecule has 2 atom stereocenters. The van der Waals surface area contributed by atoms with Crippen molar-refractivity contribution in [1.82, 2.24) is 24.9 Å². The lowest BCUT2D eigenvalue weighted by atomic mass is 10.1. The minimum atomic E-state index is -0.190. The van der Waals surface area contributed by atoms with Gasteiger partial charge in [-0.15, -0.1) is 0 Å². The summed E-state index contributed by atoms with van der Waals surface area (Å²) in [5.74, 6) is 8.10. The Morgan fingerprint density at radius 3 is 2.60 bits per heavy atom. The molecule has 4 heterocycles. The van der Waals surface area contributed by atoms with E-state index in [-0.39, 0.29) is 18.3 Å². The van der Waals surface area contributed by atoms with E-state index in [0.29, 0.717) is 25.4 Å². The highest BCUT2D eigenvalue weighted by molar-refractivity contribution is 5.78. The molecule has 0 spiro atoms. The zero-order valence-electron chi connectivity index (χ0n) is 23.8. The second-order valence-corrected chi connectivity index (χ2v) is 10.8. The molecule has 0 aliphatic carbocycles. The van der Waals surface area contributed by atoms with Crippen LogP contribution in [-0.4, -0.2) is 58.0 Å². The Hall–Kier alpha value is -4.23. The first-order chi connectivity index (χ1) is 20.6. The van der Waals surface area contributed by atoms with Crippen molar-refractivity contribution in [3.8, 4) is 23.2 Å². The van der Waals surface area contributed by atoms with Gasteiger partial charge in [0.05, 0.1) is 13.1 Å². The van der Waals surface area contributed by atoms with Crippen LogP contribution in [0.5, 0.6) is 0 Å². The summed E-state index contributed by atoms with van der Waals surface area (Å²) in [5.41, 5.74) is 4.78. The Labute approximate surface area is 245 Å². The maximum atomic E-state index is 11.6. The van der Waals surface area contributed by atoms with Crippen molar-refractivity contribution in [2.24, 2.45) is 0 Å². The van der Waals surface area contributed by atoms with E-state index in [4.69, 9.17) is 14.0 Å². The van der Waals surface area contributed by atoms with Gasteiger partial charge in [-0.3, -0.25) is 9.69 Å². The summed E-state index contributed by atoms with van der Waals surface area (Å²) >= 11 is 0. The predicted molar refractivity (Wildman–Crippen MR) is 157 cm³/mol. The van der Waals surface area contributed by atoms with Gasteiger partial charge in [-0.25, -0.2) is 4.98 Å². The van der Waals surface area contributed by atoms with Gasteiger partial charge in [0.2, 0.25) is 5.91 Å².